The molecular weight excluding hydrogens is 382 g/mol. The maximum Gasteiger partial charge on any atom is 0.270 e. The summed E-state index contributed by atoms with van der Waals surface area (Å²) in [5.74, 6) is 0.456. The molecule has 28 heavy (non-hydrogen) atoms. The highest BCUT2D eigenvalue weighted by atomic mass is 35.5. The molecule has 0 spiro atoms. The van der Waals surface area contributed by atoms with E-state index in [0.717, 1.165) is 24.4 Å². The van der Waals surface area contributed by atoms with Crippen LogP contribution in [0.25, 0.3) is 0 Å². The lowest BCUT2D eigenvalue weighted by atomic mass is 10.0. The number of benzene rings is 2. The predicted octanol–water partition coefficient (Wildman–Crippen LogP) is 2.41. The van der Waals surface area contributed by atoms with E-state index in [1.165, 1.54) is 35.9 Å². The Morgan fingerprint density at radius 3 is 2.50 bits per heavy atom. The zero-order chi connectivity index (χ0) is 20.1. The van der Waals surface area contributed by atoms with Crippen LogP contribution >= 0.6 is 11.6 Å². The van der Waals surface area contributed by atoms with Gasteiger partial charge in [-0.15, -0.1) is 0 Å². The number of hydrogen-bond donors (Lipinski definition) is 2. The highest BCUT2D eigenvalue weighted by Gasteiger charge is 2.28. The second-order valence-electron chi connectivity index (χ2n) is 6.82. The van der Waals surface area contributed by atoms with Crippen LogP contribution in [0.15, 0.2) is 42.5 Å². The normalized spacial score (nSPS) is 15.2. The van der Waals surface area contributed by atoms with E-state index in [2.05, 4.69) is 5.32 Å². The van der Waals surface area contributed by atoms with Gasteiger partial charge in [0.2, 0.25) is 0 Å². The minimum absolute atomic E-state index is 0.0706. The molecule has 0 bridgehead atoms. The lowest BCUT2D eigenvalue weighted by molar-refractivity contribution is -0.918. The van der Waals surface area contributed by atoms with Crippen molar-refractivity contribution in [2.45, 2.75) is 18.9 Å². The number of methoxy groups -OCH3 is 1. The Hall–Kier alpha value is -2.64. The van der Waals surface area contributed by atoms with Crippen molar-refractivity contribution in [2.24, 2.45) is 0 Å². The summed E-state index contributed by atoms with van der Waals surface area (Å²) in [6, 6.07) is 11.9. The van der Waals surface area contributed by atoms with Gasteiger partial charge in [-0.05, 0) is 30.3 Å². The highest BCUT2D eigenvalue weighted by Crippen LogP contribution is 2.23. The smallest absolute Gasteiger partial charge is 0.270 e. The molecule has 0 radical (unpaired) electrons. The molecule has 0 aromatic heterocycles. The number of ether oxygens (including phenoxy) is 1. The van der Waals surface area contributed by atoms with Gasteiger partial charge >= 0.3 is 0 Å². The minimum atomic E-state index is -0.538. The molecule has 8 heteroatoms. The molecule has 3 rings (SSSR count). The number of nitro groups is 1. The molecule has 2 aromatic carbocycles. The zero-order valence-corrected chi connectivity index (χ0v) is 16.4. The molecule has 1 aliphatic rings. The molecule has 1 fully saturated rings. The van der Waals surface area contributed by atoms with Crippen LogP contribution < -0.4 is 15.0 Å². The van der Waals surface area contributed by atoms with Crippen molar-refractivity contribution < 1.29 is 19.4 Å². The van der Waals surface area contributed by atoms with Crippen molar-refractivity contribution >= 4 is 23.2 Å². The van der Waals surface area contributed by atoms with Gasteiger partial charge in [-0.1, -0.05) is 11.6 Å². The molecule has 0 aliphatic carbocycles. The molecule has 1 atom stereocenters. The number of amides is 1. The Kier molecular flexibility index (Phi) is 6.49. The van der Waals surface area contributed by atoms with Crippen LogP contribution in [0.1, 0.15) is 34.8 Å². The largest absolute Gasteiger partial charge is 0.497 e. The number of rotatable bonds is 7. The van der Waals surface area contributed by atoms with Crippen molar-refractivity contribution in [3.8, 4) is 5.75 Å². The van der Waals surface area contributed by atoms with Gasteiger partial charge in [0, 0.05) is 30.5 Å². The summed E-state index contributed by atoms with van der Waals surface area (Å²) in [4.78, 5) is 24.3. The van der Waals surface area contributed by atoms with Gasteiger partial charge in [0.1, 0.15) is 11.8 Å². The molecule has 1 heterocycles. The minimum Gasteiger partial charge on any atom is -0.497 e. The van der Waals surface area contributed by atoms with Crippen LogP contribution in [0.3, 0.4) is 0 Å². The summed E-state index contributed by atoms with van der Waals surface area (Å²) in [5, 5.41) is 13.9. The number of carbonyl (C=O) groups excluding carboxylic acids is 1. The topological polar surface area (TPSA) is 85.9 Å². The van der Waals surface area contributed by atoms with Crippen LogP contribution in [-0.2, 0) is 0 Å². The lowest BCUT2D eigenvalue weighted by Crippen LogP contribution is -3.11. The second kappa shape index (κ2) is 9.03. The van der Waals surface area contributed by atoms with Crippen LogP contribution in [-0.4, -0.2) is 37.6 Å². The summed E-state index contributed by atoms with van der Waals surface area (Å²) < 4.78 is 5.23. The first kappa shape index (κ1) is 20.1. The fourth-order valence-electron chi connectivity index (χ4n) is 3.60. The summed E-state index contributed by atoms with van der Waals surface area (Å²) in [6.45, 7) is 2.57. The van der Waals surface area contributed by atoms with E-state index >= 15 is 0 Å². The summed E-state index contributed by atoms with van der Waals surface area (Å²) >= 11 is 6.08. The summed E-state index contributed by atoms with van der Waals surface area (Å²) in [5.41, 5.74) is 1.23. The number of quaternary nitrogens is 1. The third kappa shape index (κ3) is 4.61. The van der Waals surface area contributed by atoms with Crippen LogP contribution in [0.4, 0.5) is 5.69 Å². The lowest BCUT2D eigenvalue weighted by Gasteiger charge is -2.25. The molecule has 2 N–H and O–H groups in total. The van der Waals surface area contributed by atoms with E-state index in [0.29, 0.717) is 6.54 Å². The number of nitro benzene ring substituents is 1. The maximum absolute atomic E-state index is 12.6. The van der Waals surface area contributed by atoms with Crippen LogP contribution in [0.5, 0.6) is 5.75 Å². The number of nitrogens with zero attached hydrogens (tertiary/aromatic N) is 1. The number of non-ortho nitro benzene ring substituents is 1. The van der Waals surface area contributed by atoms with Gasteiger partial charge < -0.3 is 15.0 Å². The molecular formula is C20H23ClN3O4+. The fraction of sp³-hybridized carbons (Fsp3) is 0.350. The Bertz CT molecular complexity index is 851. The summed E-state index contributed by atoms with van der Waals surface area (Å²) in [6.07, 6.45) is 2.34. The van der Waals surface area contributed by atoms with E-state index in [1.54, 1.807) is 7.11 Å². The van der Waals surface area contributed by atoms with Crippen molar-refractivity contribution in [1.82, 2.24) is 5.32 Å². The van der Waals surface area contributed by atoms with Gasteiger partial charge in [0.25, 0.3) is 11.6 Å². The van der Waals surface area contributed by atoms with E-state index in [1.807, 2.05) is 24.3 Å². The number of nitrogens with one attached hydrogen (secondary N) is 2. The van der Waals surface area contributed by atoms with Gasteiger partial charge in [0.05, 0.1) is 42.3 Å². The maximum atomic E-state index is 12.6. The summed E-state index contributed by atoms with van der Waals surface area (Å²) in [7, 11) is 1.63. The fourth-order valence-corrected chi connectivity index (χ4v) is 3.86. The third-order valence-electron chi connectivity index (χ3n) is 5.13. The van der Waals surface area contributed by atoms with Gasteiger partial charge in [-0.25, -0.2) is 0 Å². The van der Waals surface area contributed by atoms with Crippen LogP contribution in [0, 0.1) is 10.1 Å². The number of halogens is 1. The van der Waals surface area contributed by atoms with E-state index < -0.39 is 4.92 Å². The number of carbonyl (C=O) groups is 1. The van der Waals surface area contributed by atoms with Crippen LogP contribution in [0.2, 0.25) is 5.02 Å². The Morgan fingerprint density at radius 2 is 1.93 bits per heavy atom. The van der Waals surface area contributed by atoms with Gasteiger partial charge in [0.15, 0.2) is 0 Å². The van der Waals surface area contributed by atoms with E-state index in [9.17, 15) is 14.9 Å². The van der Waals surface area contributed by atoms with Crippen molar-refractivity contribution in [2.75, 3.05) is 26.7 Å². The first-order valence-electron chi connectivity index (χ1n) is 9.20. The predicted molar refractivity (Wildman–Crippen MR) is 106 cm³/mol. The molecule has 0 unspecified atom stereocenters. The van der Waals surface area contributed by atoms with Crippen molar-refractivity contribution in [1.29, 1.82) is 0 Å². The number of hydrogen-bond acceptors (Lipinski definition) is 4. The van der Waals surface area contributed by atoms with Crippen molar-refractivity contribution in [3.63, 3.8) is 0 Å². The highest BCUT2D eigenvalue weighted by molar-refractivity contribution is 6.34. The molecule has 1 aliphatic heterocycles. The van der Waals surface area contributed by atoms with Gasteiger partial charge in [-0.3, -0.25) is 14.9 Å². The van der Waals surface area contributed by atoms with E-state index in [-0.39, 0.29) is 28.2 Å². The first-order chi connectivity index (χ1) is 13.5. The first-order valence-corrected chi connectivity index (χ1v) is 9.58. The SMILES string of the molecule is COc1ccc([C@@H](CNC(=O)c2ccc([N+](=O)[O-])cc2Cl)[NH+]2CCCC2)cc1. The average molecular weight is 405 g/mol. The molecule has 1 amide bonds. The van der Waals surface area contributed by atoms with Gasteiger partial charge in [-0.2, -0.15) is 0 Å². The number of likely N-dealkylation sites (tertiary alicyclic amines) is 1. The van der Waals surface area contributed by atoms with E-state index in [4.69, 9.17) is 16.3 Å². The molecule has 0 saturated carbocycles. The Balaban J connectivity index is 1.74. The molecule has 7 nitrogen and oxygen atoms in total. The quantitative estimate of drug-likeness (QED) is 0.548. The molecule has 2 aromatic rings. The standard InChI is InChI=1S/C20H22ClN3O4/c1-28-16-7-4-14(5-8-16)19(23-10-2-3-11-23)13-22-20(25)17-9-6-15(24(26)27)12-18(17)21/h4-9,12,19H,2-3,10-11,13H2,1H3,(H,22,25)/p+1/t19-/m1/s1. The average Bonchev–Trinajstić information content (AvgIpc) is 3.22. The van der Waals surface area contributed by atoms with Crippen molar-refractivity contribution in [3.05, 3.63) is 68.7 Å². The monoisotopic (exact) mass is 404 g/mol. The Morgan fingerprint density at radius 1 is 1.25 bits per heavy atom. The zero-order valence-electron chi connectivity index (χ0n) is 15.6. The second-order valence-corrected chi connectivity index (χ2v) is 7.23. The third-order valence-corrected chi connectivity index (χ3v) is 5.44. The molecule has 1 saturated heterocycles. The molecule has 148 valence electrons. The Labute approximate surface area is 168 Å².